The Hall–Kier alpha value is -1.56. The minimum absolute atomic E-state index is 0.147. The Balaban J connectivity index is 2.52. The monoisotopic (exact) mass is 300 g/mol. The smallest absolute Gasteiger partial charge is 0.307 e. The van der Waals surface area contributed by atoms with Crippen molar-refractivity contribution < 1.29 is 14.3 Å². The van der Waals surface area contributed by atoms with Gasteiger partial charge in [-0.3, -0.25) is 9.59 Å². The fraction of sp³-hybridized carbons (Fsp3) is 0.273. The number of nitrogens with one attached hydrogen (secondary N) is 1. The maximum absolute atomic E-state index is 11.6. The molecule has 0 spiro atoms. The van der Waals surface area contributed by atoms with Crippen LogP contribution in [-0.4, -0.2) is 25.5 Å². The maximum atomic E-state index is 11.6. The van der Waals surface area contributed by atoms with Gasteiger partial charge in [-0.1, -0.05) is 0 Å². The van der Waals surface area contributed by atoms with Crippen molar-refractivity contribution in [3.8, 4) is 0 Å². The molecule has 0 aromatic heterocycles. The van der Waals surface area contributed by atoms with E-state index in [1.54, 1.807) is 18.2 Å². The van der Waals surface area contributed by atoms with Crippen molar-refractivity contribution in [2.45, 2.75) is 6.42 Å². The number of methoxy groups -OCH3 is 1. The van der Waals surface area contributed by atoms with Crippen molar-refractivity contribution in [3.05, 3.63) is 28.2 Å². The summed E-state index contributed by atoms with van der Waals surface area (Å²) in [6, 6.07) is 4.91. The summed E-state index contributed by atoms with van der Waals surface area (Å²) in [6.07, 6.45) is 0.147. The van der Waals surface area contributed by atoms with Crippen LogP contribution in [0.4, 0.5) is 5.69 Å². The molecular weight excluding hydrogens is 288 g/mol. The van der Waals surface area contributed by atoms with Crippen molar-refractivity contribution in [2.24, 2.45) is 0 Å². The van der Waals surface area contributed by atoms with Gasteiger partial charge in [0, 0.05) is 22.3 Å². The SMILES string of the molecule is COC(=O)CCNC(=O)c1ccc(Br)c(N)c1. The highest BCUT2D eigenvalue weighted by Crippen LogP contribution is 2.19. The minimum atomic E-state index is -0.361. The Labute approximate surface area is 107 Å². The van der Waals surface area contributed by atoms with Crippen LogP contribution in [0.2, 0.25) is 0 Å². The number of rotatable bonds is 4. The predicted molar refractivity (Wildman–Crippen MR) is 67.5 cm³/mol. The van der Waals surface area contributed by atoms with Gasteiger partial charge in [0.15, 0.2) is 0 Å². The Morgan fingerprint density at radius 1 is 1.47 bits per heavy atom. The van der Waals surface area contributed by atoms with Gasteiger partial charge in [0.2, 0.25) is 0 Å². The average Bonchev–Trinajstić information content (AvgIpc) is 2.32. The number of hydrogen-bond donors (Lipinski definition) is 2. The second kappa shape index (κ2) is 6.24. The Kier molecular flexibility index (Phi) is 4.96. The Morgan fingerprint density at radius 2 is 2.18 bits per heavy atom. The third kappa shape index (κ3) is 4.07. The number of carbonyl (C=O) groups excluding carboxylic acids is 2. The molecule has 0 aliphatic heterocycles. The molecule has 0 saturated heterocycles. The number of ether oxygens (including phenoxy) is 1. The van der Waals surface area contributed by atoms with Gasteiger partial charge in [0.1, 0.15) is 0 Å². The van der Waals surface area contributed by atoms with Crippen LogP contribution in [0.15, 0.2) is 22.7 Å². The van der Waals surface area contributed by atoms with Crippen LogP contribution in [0.1, 0.15) is 16.8 Å². The molecule has 1 aromatic rings. The summed E-state index contributed by atoms with van der Waals surface area (Å²) in [5, 5.41) is 2.60. The molecule has 1 amide bonds. The first kappa shape index (κ1) is 13.5. The van der Waals surface area contributed by atoms with Crippen LogP contribution in [0.3, 0.4) is 0 Å². The topological polar surface area (TPSA) is 81.4 Å². The molecule has 0 fully saturated rings. The molecule has 1 rings (SSSR count). The average molecular weight is 301 g/mol. The number of nitrogens with two attached hydrogens (primary N) is 1. The molecule has 6 heteroatoms. The molecule has 3 N–H and O–H groups in total. The molecule has 92 valence electrons. The third-order valence-corrected chi connectivity index (χ3v) is 2.82. The van der Waals surface area contributed by atoms with Crippen molar-refractivity contribution in [1.29, 1.82) is 0 Å². The highest BCUT2D eigenvalue weighted by molar-refractivity contribution is 9.10. The lowest BCUT2D eigenvalue weighted by Gasteiger charge is -2.06. The summed E-state index contributed by atoms with van der Waals surface area (Å²) in [6.45, 7) is 0.238. The number of carbonyl (C=O) groups is 2. The van der Waals surface area contributed by atoms with Gasteiger partial charge in [0.05, 0.1) is 13.5 Å². The molecule has 0 aliphatic rings. The van der Waals surface area contributed by atoms with Gasteiger partial charge in [0.25, 0.3) is 5.91 Å². The molecule has 0 bridgehead atoms. The van der Waals surface area contributed by atoms with E-state index in [2.05, 4.69) is 26.0 Å². The van der Waals surface area contributed by atoms with Gasteiger partial charge >= 0.3 is 5.97 Å². The number of benzene rings is 1. The summed E-state index contributed by atoms with van der Waals surface area (Å²) in [4.78, 5) is 22.5. The van der Waals surface area contributed by atoms with Crippen LogP contribution < -0.4 is 11.1 Å². The molecule has 0 unspecified atom stereocenters. The van der Waals surface area contributed by atoms with E-state index in [1.165, 1.54) is 7.11 Å². The van der Waals surface area contributed by atoms with Crippen LogP contribution in [-0.2, 0) is 9.53 Å². The van der Waals surface area contributed by atoms with Crippen LogP contribution in [0, 0.1) is 0 Å². The quantitative estimate of drug-likeness (QED) is 0.649. The molecular formula is C11H13BrN2O3. The molecule has 0 saturated carbocycles. The van der Waals surface area contributed by atoms with Gasteiger partial charge in [-0.2, -0.15) is 0 Å². The Morgan fingerprint density at radius 3 is 2.76 bits per heavy atom. The van der Waals surface area contributed by atoms with E-state index in [1.807, 2.05) is 0 Å². The van der Waals surface area contributed by atoms with E-state index in [0.717, 1.165) is 4.47 Å². The van der Waals surface area contributed by atoms with Crippen LogP contribution in [0.5, 0.6) is 0 Å². The van der Waals surface area contributed by atoms with Gasteiger partial charge < -0.3 is 15.8 Å². The predicted octanol–water partition coefficient (Wildman–Crippen LogP) is 1.32. The number of nitrogen functional groups attached to an aromatic ring is 1. The van der Waals surface area contributed by atoms with Crippen molar-refractivity contribution in [3.63, 3.8) is 0 Å². The zero-order valence-corrected chi connectivity index (χ0v) is 10.9. The number of anilines is 1. The van der Waals surface area contributed by atoms with Crippen molar-refractivity contribution >= 4 is 33.5 Å². The molecule has 0 radical (unpaired) electrons. The minimum Gasteiger partial charge on any atom is -0.469 e. The maximum Gasteiger partial charge on any atom is 0.307 e. The zero-order valence-electron chi connectivity index (χ0n) is 9.33. The van der Waals surface area contributed by atoms with E-state index < -0.39 is 0 Å². The van der Waals surface area contributed by atoms with Gasteiger partial charge in [-0.25, -0.2) is 0 Å². The zero-order chi connectivity index (χ0) is 12.8. The molecule has 1 aromatic carbocycles. The van der Waals surface area contributed by atoms with E-state index in [9.17, 15) is 9.59 Å². The first-order valence-corrected chi connectivity index (χ1v) is 5.74. The van der Waals surface area contributed by atoms with Crippen molar-refractivity contribution in [2.75, 3.05) is 19.4 Å². The third-order valence-electron chi connectivity index (χ3n) is 2.10. The lowest BCUT2D eigenvalue weighted by atomic mass is 10.2. The largest absolute Gasteiger partial charge is 0.469 e. The molecule has 0 aliphatic carbocycles. The fourth-order valence-electron chi connectivity index (χ4n) is 1.17. The second-order valence-electron chi connectivity index (χ2n) is 3.32. The lowest BCUT2D eigenvalue weighted by molar-refractivity contribution is -0.140. The summed E-state index contributed by atoms with van der Waals surface area (Å²) in [5.41, 5.74) is 6.60. The summed E-state index contributed by atoms with van der Waals surface area (Å²) >= 11 is 3.24. The Bertz CT molecular complexity index is 435. The van der Waals surface area contributed by atoms with E-state index in [-0.39, 0.29) is 24.8 Å². The summed E-state index contributed by atoms with van der Waals surface area (Å²) < 4.78 is 5.20. The number of esters is 1. The van der Waals surface area contributed by atoms with Crippen molar-refractivity contribution in [1.82, 2.24) is 5.32 Å². The molecule has 0 atom stereocenters. The first-order chi connectivity index (χ1) is 8.04. The number of amides is 1. The highest BCUT2D eigenvalue weighted by atomic mass is 79.9. The fourth-order valence-corrected chi connectivity index (χ4v) is 1.41. The van der Waals surface area contributed by atoms with E-state index >= 15 is 0 Å². The normalized spacial score (nSPS) is 9.76. The second-order valence-corrected chi connectivity index (χ2v) is 4.17. The molecule has 17 heavy (non-hydrogen) atoms. The number of halogens is 1. The van der Waals surface area contributed by atoms with Crippen LogP contribution >= 0.6 is 15.9 Å². The lowest BCUT2D eigenvalue weighted by Crippen LogP contribution is -2.26. The highest BCUT2D eigenvalue weighted by Gasteiger charge is 2.08. The first-order valence-electron chi connectivity index (χ1n) is 4.94. The standard InChI is InChI=1S/C11H13BrN2O3/c1-17-10(15)4-5-14-11(16)7-2-3-8(12)9(13)6-7/h2-3,6H,4-5,13H2,1H3,(H,14,16). The summed E-state index contributed by atoms with van der Waals surface area (Å²) in [5.74, 6) is -0.631. The van der Waals surface area contributed by atoms with E-state index in [4.69, 9.17) is 5.73 Å². The van der Waals surface area contributed by atoms with Gasteiger partial charge in [-0.15, -0.1) is 0 Å². The van der Waals surface area contributed by atoms with E-state index in [0.29, 0.717) is 11.3 Å². The number of hydrogen-bond acceptors (Lipinski definition) is 4. The molecule has 0 heterocycles. The van der Waals surface area contributed by atoms with Crippen LogP contribution in [0.25, 0.3) is 0 Å². The van der Waals surface area contributed by atoms with Gasteiger partial charge in [-0.05, 0) is 34.1 Å². The summed E-state index contributed by atoms with van der Waals surface area (Å²) in [7, 11) is 1.31. The molecule has 5 nitrogen and oxygen atoms in total.